The average Bonchev–Trinajstić information content (AvgIpc) is 2.94. The summed E-state index contributed by atoms with van der Waals surface area (Å²) in [6.45, 7) is 2.88. The van der Waals surface area contributed by atoms with E-state index in [9.17, 15) is 9.59 Å². The second-order valence-corrected chi connectivity index (χ2v) is 10.9. The molecule has 6 heteroatoms. The molecule has 1 aliphatic carbocycles. The van der Waals surface area contributed by atoms with E-state index in [1.807, 2.05) is 54.3 Å². The molecule has 3 aromatic carbocycles. The second kappa shape index (κ2) is 14.6. The lowest BCUT2D eigenvalue weighted by molar-refractivity contribution is -0.142. The molecular formula is C32H38N2O3S. The fourth-order valence-corrected chi connectivity index (χ4v) is 5.63. The molecule has 1 fully saturated rings. The first-order chi connectivity index (χ1) is 18.6. The largest absolute Gasteiger partial charge is 0.466 e. The Morgan fingerprint density at radius 3 is 2.18 bits per heavy atom. The minimum Gasteiger partial charge on any atom is -0.466 e. The van der Waals surface area contributed by atoms with Gasteiger partial charge in [0.15, 0.2) is 0 Å². The average molecular weight is 531 g/mol. The van der Waals surface area contributed by atoms with Gasteiger partial charge in [0.25, 0.3) is 0 Å². The van der Waals surface area contributed by atoms with Crippen LogP contribution >= 0.6 is 11.8 Å². The van der Waals surface area contributed by atoms with Gasteiger partial charge in [-0.25, -0.2) is 4.79 Å². The molecule has 0 aliphatic heterocycles. The summed E-state index contributed by atoms with van der Waals surface area (Å²) >= 11 is 1.66. The minimum absolute atomic E-state index is 0.00236. The molecule has 0 atom stereocenters. The van der Waals surface area contributed by atoms with E-state index in [4.69, 9.17) is 4.74 Å². The smallest absolute Gasteiger partial charge is 0.322 e. The maximum Gasteiger partial charge on any atom is 0.322 e. The number of anilines is 1. The summed E-state index contributed by atoms with van der Waals surface area (Å²) in [6, 6.07) is 26.9. The van der Waals surface area contributed by atoms with Crippen molar-refractivity contribution in [2.75, 3.05) is 18.1 Å². The standard InChI is InChI=1S/C32H38N2O3S/c1-2-37-31(35)24-26-15-19-29(20-16-26)38-30-21-17-28(18-22-30)34(23-9-12-25-10-5-3-6-11-25)32(36)33-27-13-7-4-8-14-27/h3,5-6,10-11,15-22,27H,2,4,7-9,12-14,23-24H2,1H3,(H,33,36). The Balaban J connectivity index is 1.39. The number of benzene rings is 3. The zero-order chi connectivity index (χ0) is 26.6. The molecule has 0 saturated heterocycles. The highest BCUT2D eigenvalue weighted by molar-refractivity contribution is 7.99. The molecule has 0 bridgehead atoms. The van der Waals surface area contributed by atoms with E-state index in [1.165, 1.54) is 24.8 Å². The maximum atomic E-state index is 13.4. The van der Waals surface area contributed by atoms with E-state index in [0.717, 1.165) is 46.7 Å². The van der Waals surface area contributed by atoms with Crippen LogP contribution in [0.1, 0.15) is 56.6 Å². The van der Waals surface area contributed by atoms with Gasteiger partial charge in [-0.15, -0.1) is 0 Å². The van der Waals surface area contributed by atoms with E-state index in [2.05, 4.69) is 41.7 Å². The first-order valence-corrected chi connectivity index (χ1v) is 14.6. The first kappa shape index (κ1) is 27.8. The minimum atomic E-state index is -0.204. The van der Waals surface area contributed by atoms with Crippen molar-refractivity contribution in [2.45, 2.75) is 74.1 Å². The third-order valence-electron chi connectivity index (χ3n) is 6.83. The Hall–Kier alpha value is -3.25. The lowest BCUT2D eigenvalue weighted by Gasteiger charge is -2.28. The summed E-state index contributed by atoms with van der Waals surface area (Å²) < 4.78 is 5.03. The third-order valence-corrected chi connectivity index (χ3v) is 7.84. The number of amides is 2. The SMILES string of the molecule is CCOC(=O)Cc1ccc(Sc2ccc(N(CCCc3ccccc3)C(=O)NC3CCCCC3)cc2)cc1. The number of carbonyl (C=O) groups excluding carboxylic acids is 2. The highest BCUT2D eigenvalue weighted by Crippen LogP contribution is 2.30. The fourth-order valence-electron chi connectivity index (χ4n) is 4.82. The van der Waals surface area contributed by atoms with Crippen LogP contribution in [-0.2, 0) is 22.4 Å². The molecule has 38 heavy (non-hydrogen) atoms. The van der Waals surface area contributed by atoms with Crippen molar-refractivity contribution in [3.8, 4) is 0 Å². The van der Waals surface area contributed by atoms with Crippen molar-refractivity contribution < 1.29 is 14.3 Å². The first-order valence-electron chi connectivity index (χ1n) is 13.7. The Morgan fingerprint density at radius 1 is 0.868 bits per heavy atom. The normalized spacial score (nSPS) is 13.6. The number of hydrogen-bond acceptors (Lipinski definition) is 4. The van der Waals surface area contributed by atoms with Crippen LogP contribution in [0.5, 0.6) is 0 Å². The van der Waals surface area contributed by atoms with Crippen molar-refractivity contribution in [3.05, 3.63) is 90.0 Å². The molecular weight excluding hydrogens is 492 g/mol. The van der Waals surface area contributed by atoms with Crippen LogP contribution < -0.4 is 10.2 Å². The van der Waals surface area contributed by atoms with Gasteiger partial charge in [-0.1, -0.05) is 73.5 Å². The second-order valence-electron chi connectivity index (χ2n) is 9.75. The zero-order valence-electron chi connectivity index (χ0n) is 22.2. The van der Waals surface area contributed by atoms with Crippen molar-refractivity contribution in [2.24, 2.45) is 0 Å². The number of esters is 1. The third kappa shape index (κ3) is 8.66. The van der Waals surface area contributed by atoms with Crippen molar-refractivity contribution in [1.29, 1.82) is 0 Å². The summed E-state index contributed by atoms with van der Waals surface area (Å²) in [7, 11) is 0. The molecule has 0 spiro atoms. The van der Waals surface area contributed by atoms with Gasteiger partial charge in [0.05, 0.1) is 13.0 Å². The Morgan fingerprint density at radius 2 is 1.53 bits per heavy atom. The lowest BCUT2D eigenvalue weighted by atomic mass is 9.96. The summed E-state index contributed by atoms with van der Waals surface area (Å²) in [4.78, 5) is 29.2. The zero-order valence-corrected chi connectivity index (χ0v) is 23.1. The van der Waals surface area contributed by atoms with E-state index in [0.29, 0.717) is 13.2 Å². The monoisotopic (exact) mass is 530 g/mol. The Bertz CT molecular complexity index is 1140. The number of urea groups is 1. The number of nitrogens with one attached hydrogen (secondary N) is 1. The van der Waals surface area contributed by atoms with Crippen molar-refractivity contribution >= 4 is 29.4 Å². The molecule has 3 aromatic rings. The molecule has 200 valence electrons. The van der Waals surface area contributed by atoms with Crippen LogP contribution in [0, 0.1) is 0 Å². The number of hydrogen-bond donors (Lipinski definition) is 1. The topological polar surface area (TPSA) is 58.6 Å². The van der Waals surface area contributed by atoms with Crippen LogP contribution in [0.25, 0.3) is 0 Å². The summed E-state index contributed by atoms with van der Waals surface area (Å²) in [6.07, 6.45) is 7.90. The molecule has 4 rings (SSSR count). The molecule has 5 nitrogen and oxygen atoms in total. The van der Waals surface area contributed by atoms with Crippen LogP contribution in [0.4, 0.5) is 10.5 Å². The van der Waals surface area contributed by atoms with Crippen LogP contribution in [-0.4, -0.2) is 31.2 Å². The highest BCUT2D eigenvalue weighted by atomic mass is 32.2. The Kier molecular flexibility index (Phi) is 10.7. The maximum absolute atomic E-state index is 13.4. The lowest BCUT2D eigenvalue weighted by Crippen LogP contribution is -2.46. The molecule has 1 aliphatic rings. The summed E-state index contributed by atoms with van der Waals surface area (Å²) in [5.41, 5.74) is 3.15. The van der Waals surface area contributed by atoms with Crippen LogP contribution in [0.2, 0.25) is 0 Å². The summed E-state index contributed by atoms with van der Waals surface area (Å²) in [5, 5.41) is 3.30. The van der Waals surface area contributed by atoms with Gasteiger partial charge in [-0.2, -0.15) is 0 Å². The van der Waals surface area contributed by atoms with Crippen molar-refractivity contribution in [1.82, 2.24) is 5.32 Å². The molecule has 0 unspecified atom stereocenters. The predicted octanol–water partition coefficient (Wildman–Crippen LogP) is 7.42. The molecule has 0 radical (unpaired) electrons. The predicted molar refractivity (Wildman–Crippen MR) is 155 cm³/mol. The van der Waals surface area contributed by atoms with Gasteiger partial charge >= 0.3 is 12.0 Å². The van der Waals surface area contributed by atoms with E-state index in [1.54, 1.807) is 11.8 Å². The van der Waals surface area contributed by atoms with Gasteiger partial charge in [0, 0.05) is 28.1 Å². The number of nitrogens with zero attached hydrogens (tertiary/aromatic N) is 1. The number of ether oxygens (including phenoxy) is 1. The van der Waals surface area contributed by atoms with Gasteiger partial charge in [0.1, 0.15) is 0 Å². The van der Waals surface area contributed by atoms with Crippen molar-refractivity contribution in [3.63, 3.8) is 0 Å². The fraction of sp³-hybridized carbons (Fsp3) is 0.375. The number of aryl methyl sites for hydroxylation is 1. The van der Waals surface area contributed by atoms with Gasteiger partial charge in [-0.05, 0) is 80.1 Å². The summed E-state index contributed by atoms with van der Waals surface area (Å²) in [5.74, 6) is -0.204. The molecule has 0 heterocycles. The van der Waals surface area contributed by atoms with Gasteiger partial charge < -0.3 is 10.1 Å². The highest BCUT2D eigenvalue weighted by Gasteiger charge is 2.21. The van der Waals surface area contributed by atoms with E-state index in [-0.39, 0.29) is 24.5 Å². The number of carbonyl (C=O) groups is 2. The quantitative estimate of drug-likeness (QED) is 0.262. The van der Waals surface area contributed by atoms with E-state index < -0.39 is 0 Å². The molecule has 2 amide bonds. The van der Waals surface area contributed by atoms with Crippen LogP contribution in [0.15, 0.2) is 88.7 Å². The number of rotatable bonds is 11. The molecule has 1 N–H and O–H groups in total. The molecule has 1 saturated carbocycles. The molecule has 0 aromatic heterocycles. The van der Waals surface area contributed by atoms with Crippen LogP contribution in [0.3, 0.4) is 0 Å². The van der Waals surface area contributed by atoms with Gasteiger partial charge in [0.2, 0.25) is 0 Å². The Labute approximate surface area is 231 Å². The van der Waals surface area contributed by atoms with E-state index >= 15 is 0 Å². The van der Waals surface area contributed by atoms with Gasteiger partial charge in [-0.3, -0.25) is 9.69 Å².